The Bertz CT molecular complexity index is 384. The van der Waals surface area contributed by atoms with Gasteiger partial charge in [0.1, 0.15) is 5.82 Å². The van der Waals surface area contributed by atoms with Gasteiger partial charge < -0.3 is 15.3 Å². The summed E-state index contributed by atoms with van der Waals surface area (Å²) < 4.78 is 14.0. The Kier molecular flexibility index (Phi) is 3.97. The summed E-state index contributed by atoms with van der Waals surface area (Å²) in [6, 6.07) is 5.38. The number of hydrogen-bond donors (Lipinski definition) is 2. The minimum absolute atomic E-state index is 0.0691. The Morgan fingerprint density at radius 3 is 3.00 bits per heavy atom. The zero-order chi connectivity index (χ0) is 12.3. The van der Waals surface area contributed by atoms with Crippen molar-refractivity contribution in [2.24, 2.45) is 0 Å². The van der Waals surface area contributed by atoms with E-state index in [0.717, 1.165) is 24.9 Å². The largest absolute Gasteiger partial charge is 0.394 e. The molecule has 1 aromatic carbocycles. The number of nitrogens with one attached hydrogen (secondary N) is 1. The van der Waals surface area contributed by atoms with Crippen molar-refractivity contribution < 1.29 is 9.50 Å². The number of aliphatic hydroxyl groups is 1. The molecular weight excluding hydrogens is 219 g/mol. The molecule has 4 heteroatoms. The summed E-state index contributed by atoms with van der Waals surface area (Å²) in [5.41, 5.74) is 1.55. The van der Waals surface area contributed by atoms with Gasteiger partial charge in [0, 0.05) is 13.1 Å². The molecule has 1 saturated heterocycles. The summed E-state index contributed by atoms with van der Waals surface area (Å²) in [6.45, 7) is 1.59. The Morgan fingerprint density at radius 1 is 1.53 bits per heavy atom. The number of anilines is 1. The highest BCUT2D eigenvalue weighted by Crippen LogP contribution is 2.28. The summed E-state index contributed by atoms with van der Waals surface area (Å²) in [6.07, 6.45) is 1.96. The van der Waals surface area contributed by atoms with Crippen LogP contribution in [-0.4, -0.2) is 31.3 Å². The molecular formula is C13H19FN2O. The van der Waals surface area contributed by atoms with Gasteiger partial charge in [0.05, 0.1) is 18.3 Å². The molecule has 0 saturated carbocycles. The number of rotatable bonds is 4. The molecule has 1 aliphatic rings. The molecule has 1 aliphatic heterocycles. The summed E-state index contributed by atoms with van der Waals surface area (Å²) in [4.78, 5) is 1.97. The number of aliphatic hydroxyl groups excluding tert-OH is 1. The highest BCUT2D eigenvalue weighted by Gasteiger charge is 2.25. The van der Waals surface area contributed by atoms with Crippen LogP contribution in [0.15, 0.2) is 18.2 Å². The smallest absolute Gasteiger partial charge is 0.146 e. The lowest BCUT2D eigenvalue weighted by atomic mass is 10.1. The van der Waals surface area contributed by atoms with Gasteiger partial charge in [0.2, 0.25) is 0 Å². The SMILES string of the molecule is CNCc1ccc(N2CCCC2CO)c(F)c1. The minimum atomic E-state index is -0.196. The van der Waals surface area contributed by atoms with E-state index in [1.807, 2.05) is 24.1 Å². The van der Waals surface area contributed by atoms with E-state index in [4.69, 9.17) is 0 Å². The lowest BCUT2D eigenvalue weighted by Gasteiger charge is -2.25. The van der Waals surface area contributed by atoms with E-state index in [2.05, 4.69) is 5.32 Å². The van der Waals surface area contributed by atoms with Gasteiger partial charge in [-0.15, -0.1) is 0 Å². The van der Waals surface area contributed by atoms with Gasteiger partial charge in [-0.2, -0.15) is 0 Å². The maximum Gasteiger partial charge on any atom is 0.146 e. The van der Waals surface area contributed by atoms with Gasteiger partial charge in [-0.05, 0) is 37.6 Å². The Balaban J connectivity index is 2.20. The molecule has 1 unspecified atom stereocenters. The van der Waals surface area contributed by atoms with E-state index >= 15 is 0 Å². The molecule has 3 nitrogen and oxygen atoms in total. The molecule has 1 aromatic rings. The van der Waals surface area contributed by atoms with Crippen molar-refractivity contribution in [1.29, 1.82) is 0 Å². The molecule has 0 spiro atoms. The van der Waals surface area contributed by atoms with Gasteiger partial charge in [0.25, 0.3) is 0 Å². The van der Waals surface area contributed by atoms with Gasteiger partial charge in [-0.25, -0.2) is 4.39 Å². The summed E-state index contributed by atoms with van der Waals surface area (Å²) in [5, 5.41) is 12.3. The van der Waals surface area contributed by atoms with E-state index < -0.39 is 0 Å². The molecule has 0 aliphatic carbocycles. The Labute approximate surface area is 101 Å². The van der Waals surface area contributed by atoms with Crippen molar-refractivity contribution >= 4 is 5.69 Å². The van der Waals surface area contributed by atoms with E-state index in [1.165, 1.54) is 0 Å². The van der Waals surface area contributed by atoms with Crippen LogP contribution < -0.4 is 10.2 Å². The highest BCUT2D eigenvalue weighted by molar-refractivity contribution is 5.51. The van der Waals surface area contributed by atoms with Crippen molar-refractivity contribution in [1.82, 2.24) is 5.32 Å². The molecule has 17 heavy (non-hydrogen) atoms. The van der Waals surface area contributed by atoms with E-state index in [-0.39, 0.29) is 18.5 Å². The van der Waals surface area contributed by atoms with E-state index in [9.17, 15) is 9.50 Å². The zero-order valence-corrected chi connectivity index (χ0v) is 10.1. The van der Waals surface area contributed by atoms with Crippen molar-refractivity contribution in [2.45, 2.75) is 25.4 Å². The summed E-state index contributed by atoms with van der Waals surface area (Å²) in [7, 11) is 1.84. The summed E-state index contributed by atoms with van der Waals surface area (Å²) >= 11 is 0. The average Bonchev–Trinajstić information content (AvgIpc) is 2.77. The number of nitrogens with zero attached hydrogens (tertiary/aromatic N) is 1. The van der Waals surface area contributed by atoms with E-state index in [0.29, 0.717) is 12.2 Å². The fourth-order valence-electron chi connectivity index (χ4n) is 2.44. The fourth-order valence-corrected chi connectivity index (χ4v) is 2.44. The fraction of sp³-hybridized carbons (Fsp3) is 0.538. The van der Waals surface area contributed by atoms with Crippen LogP contribution in [0.5, 0.6) is 0 Å². The first kappa shape index (κ1) is 12.3. The third-order valence-electron chi connectivity index (χ3n) is 3.29. The third kappa shape index (κ3) is 2.58. The highest BCUT2D eigenvalue weighted by atomic mass is 19.1. The molecule has 0 radical (unpaired) electrons. The molecule has 1 atom stereocenters. The Hall–Kier alpha value is -1.13. The van der Waals surface area contributed by atoms with Crippen LogP contribution in [0.25, 0.3) is 0 Å². The number of hydrogen-bond acceptors (Lipinski definition) is 3. The molecule has 0 bridgehead atoms. The zero-order valence-electron chi connectivity index (χ0n) is 10.1. The standard InChI is InChI=1S/C13H19FN2O/c1-15-8-10-4-5-13(12(14)7-10)16-6-2-3-11(16)9-17/h4-5,7,11,15,17H,2-3,6,8-9H2,1H3. The van der Waals surface area contributed by atoms with Crippen LogP contribution >= 0.6 is 0 Å². The average molecular weight is 238 g/mol. The molecule has 1 fully saturated rings. The molecule has 0 amide bonds. The minimum Gasteiger partial charge on any atom is -0.394 e. The van der Waals surface area contributed by atoms with Gasteiger partial charge in [-0.1, -0.05) is 6.07 Å². The van der Waals surface area contributed by atoms with Crippen LogP contribution in [0.4, 0.5) is 10.1 Å². The quantitative estimate of drug-likeness (QED) is 0.834. The molecule has 2 N–H and O–H groups in total. The second-order valence-corrected chi connectivity index (χ2v) is 4.49. The van der Waals surface area contributed by atoms with Crippen LogP contribution in [0.2, 0.25) is 0 Å². The third-order valence-corrected chi connectivity index (χ3v) is 3.29. The molecule has 2 rings (SSSR count). The monoisotopic (exact) mass is 238 g/mol. The predicted octanol–water partition coefficient (Wildman–Crippen LogP) is 1.51. The van der Waals surface area contributed by atoms with Crippen molar-refractivity contribution in [2.75, 3.05) is 25.1 Å². The van der Waals surface area contributed by atoms with Crippen LogP contribution in [0, 0.1) is 5.82 Å². The van der Waals surface area contributed by atoms with Gasteiger partial charge in [-0.3, -0.25) is 0 Å². The van der Waals surface area contributed by atoms with Crippen LogP contribution in [-0.2, 0) is 6.54 Å². The molecule has 1 heterocycles. The van der Waals surface area contributed by atoms with E-state index in [1.54, 1.807) is 6.07 Å². The van der Waals surface area contributed by atoms with Crippen molar-refractivity contribution in [3.05, 3.63) is 29.6 Å². The van der Waals surface area contributed by atoms with Crippen molar-refractivity contribution in [3.63, 3.8) is 0 Å². The number of benzene rings is 1. The lowest BCUT2D eigenvalue weighted by Crippen LogP contribution is -2.32. The summed E-state index contributed by atoms with van der Waals surface area (Å²) in [5.74, 6) is -0.196. The first-order chi connectivity index (χ1) is 8.26. The van der Waals surface area contributed by atoms with Crippen molar-refractivity contribution in [3.8, 4) is 0 Å². The normalized spacial score (nSPS) is 19.9. The predicted molar refractivity (Wildman–Crippen MR) is 66.6 cm³/mol. The van der Waals surface area contributed by atoms with Gasteiger partial charge >= 0.3 is 0 Å². The Morgan fingerprint density at radius 2 is 2.35 bits per heavy atom. The first-order valence-corrected chi connectivity index (χ1v) is 6.06. The second-order valence-electron chi connectivity index (χ2n) is 4.49. The maximum atomic E-state index is 14.0. The number of halogens is 1. The lowest BCUT2D eigenvalue weighted by molar-refractivity contribution is 0.266. The van der Waals surface area contributed by atoms with Crippen LogP contribution in [0.3, 0.4) is 0 Å². The van der Waals surface area contributed by atoms with Crippen LogP contribution in [0.1, 0.15) is 18.4 Å². The first-order valence-electron chi connectivity index (χ1n) is 6.06. The van der Waals surface area contributed by atoms with Gasteiger partial charge in [0.15, 0.2) is 0 Å². The maximum absolute atomic E-state index is 14.0. The second kappa shape index (κ2) is 5.47. The molecule has 0 aromatic heterocycles. The molecule has 94 valence electrons. The topological polar surface area (TPSA) is 35.5 Å².